The fourth-order valence-corrected chi connectivity index (χ4v) is 3.57. The van der Waals surface area contributed by atoms with Crippen molar-refractivity contribution in [2.75, 3.05) is 11.9 Å². The molecule has 1 heterocycles. The van der Waals surface area contributed by atoms with E-state index < -0.39 is 0 Å². The molecule has 4 rings (SSSR count). The van der Waals surface area contributed by atoms with Crippen molar-refractivity contribution in [1.29, 1.82) is 0 Å². The quantitative estimate of drug-likeness (QED) is 0.365. The molecule has 0 spiro atoms. The molecule has 0 fully saturated rings. The number of nitrogens with one attached hydrogen (secondary N) is 1. The first kappa shape index (κ1) is 21.9. The number of oxazole rings is 1. The van der Waals surface area contributed by atoms with Crippen molar-refractivity contribution in [3.8, 4) is 17.2 Å². The minimum atomic E-state index is -0.241. The van der Waals surface area contributed by atoms with Crippen LogP contribution in [0.4, 0.5) is 5.69 Å². The molecule has 0 saturated carbocycles. The van der Waals surface area contributed by atoms with Crippen LogP contribution in [0.3, 0.4) is 0 Å². The van der Waals surface area contributed by atoms with E-state index in [0.29, 0.717) is 33.4 Å². The second-order valence-electron chi connectivity index (χ2n) is 8.72. The maximum absolute atomic E-state index is 12.5. The van der Waals surface area contributed by atoms with E-state index in [-0.39, 0.29) is 17.9 Å². The van der Waals surface area contributed by atoms with Gasteiger partial charge in [0.25, 0.3) is 5.91 Å². The van der Waals surface area contributed by atoms with Gasteiger partial charge in [-0.15, -0.1) is 0 Å². The van der Waals surface area contributed by atoms with Crippen LogP contribution in [-0.2, 0) is 10.2 Å². The Morgan fingerprint density at radius 2 is 1.84 bits per heavy atom. The van der Waals surface area contributed by atoms with Crippen molar-refractivity contribution in [3.63, 3.8) is 0 Å². The molecule has 1 N–H and O–H groups in total. The summed E-state index contributed by atoms with van der Waals surface area (Å²) < 4.78 is 11.5. The number of nitrogens with zero attached hydrogens (tertiary/aromatic N) is 1. The molecule has 5 nitrogen and oxygen atoms in total. The maximum atomic E-state index is 12.5. The van der Waals surface area contributed by atoms with Crippen molar-refractivity contribution in [1.82, 2.24) is 4.98 Å². The van der Waals surface area contributed by atoms with Crippen LogP contribution in [0.5, 0.6) is 5.75 Å². The predicted molar refractivity (Wildman–Crippen MR) is 128 cm³/mol. The van der Waals surface area contributed by atoms with Crippen LogP contribution in [0, 0.1) is 6.92 Å². The summed E-state index contributed by atoms with van der Waals surface area (Å²) in [7, 11) is 0. The van der Waals surface area contributed by atoms with Crippen LogP contribution in [0.15, 0.2) is 65.1 Å². The maximum Gasteiger partial charge on any atom is 0.262 e. The van der Waals surface area contributed by atoms with Gasteiger partial charge in [0.05, 0.1) is 0 Å². The molecule has 1 amide bonds. The number of amides is 1. The largest absolute Gasteiger partial charge is 0.484 e. The lowest BCUT2D eigenvalue weighted by Crippen LogP contribution is -2.20. The third-order valence-electron chi connectivity index (χ3n) is 5.28. The molecule has 0 atom stereocenters. The highest BCUT2D eigenvalue weighted by Gasteiger charge is 2.15. The van der Waals surface area contributed by atoms with E-state index in [2.05, 4.69) is 31.1 Å². The zero-order valence-electron chi connectivity index (χ0n) is 18.5. The van der Waals surface area contributed by atoms with Crippen LogP contribution >= 0.6 is 11.6 Å². The Bertz CT molecular complexity index is 1270. The molecule has 3 aromatic carbocycles. The second kappa shape index (κ2) is 8.67. The van der Waals surface area contributed by atoms with E-state index in [1.54, 1.807) is 18.2 Å². The van der Waals surface area contributed by atoms with Gasteiger partial charge in [0, 0.05) is 16.3 Å². The molecule has 0 aliphatic heterocycles. The van der Waals surface area contributed by atoms with Gasteiger partial charge in [-0.25, -0.2) is 4.98 Å². The summed E-state index contributed by atoms with van der Waals surface area (Å²) in [5.41, 5.74) is 4.96. The Hall–Kier alpha value is -3.31. The Kier molecular flexibility index (Phi) is 5.94. The third kappa shape index (κ3) is 4.78. The van der Waals surface area contributed by atoms with E-state index >= 15 is 0 Å². The smallest absolute Gasteiger partial charge is 0.262 e. The summed E-state index contributed by atoms with van der Waals surface area (Å²) in [5, 5.41) is 3.51. The number of anilines is 1. The molecule has 1 aromatic heterocycles. The van der Waals surface area contributed by atoms with Gasteiger partial charge in [-0.3, -0.25) is 4.79 Å². The number of carbonyl (C=O) groups excluding carboxylic acids is 1. The average Bonchev–Trinajstić information content (AvgIpc) is 3.16. The highest BCUT2D eigenvalue weighted by Crippen LogP contribution is 2.31. The highest BCUT2D eigenvalue weighted by atomic mass is 35.5. The topological polar surface area (TPSA) is 64.4 Å². The van der Waals surface area contributed by atoms with Gasteiger partial charge in [0.1, 0.15) is 11.3 Å². The molecule has 0 unspecified atom stereocenters. The van der Waals surface area contributed by atoms with E-state index in [1.165, 1.54) is 5.56 Å². The summed E-state index contributed by atoms with van der Waals surface area (Å²) in [6.45, 7) is 8.30. The third-order valence-corrected chi connectivity index (χ3v) is 5.51. The fourth-order valence-electron chi connectivity index (χ4n) is 3.40. The molecule has 0 saturated heterocycles. The van der Waals surface area contributed by atoms with Crippen LogP contribution < -0.4 is 10.1 Å². The number of ether oxygens (including phenoxy) is 1. The first-order chi connectivity index (χ1) is 15.2. The number of aromatic nitrogens is 1. The summed E-state index contributed by atoms with van der Waals surface area (Å²) in [5.74, 6) is 0.893. The monoisotopic (exact) mass is 448 g/mol. The van der Waals surface area contributed by atoms with Gasteiger partial charge in [-0.05, 0) is 65.9 Å². The van der Waals surface area contributed by atoms with Gasteiger partial charge in [0.2, 0.25) is 5.89 Å². The predicted octanol–water partition coefficient (Wildman–Crippen LogP) is 6.77. The number of benzene rings is 3. The Labute approximate surface area is 192 Å². The first-order valence-corrected chi connectivity index (χ1v) is 10.8. The molecule has 4 aromatic rings. The van der Waals surface area contributed by atoms with Gasteiger partial charge < -0.3 is 14.5 Å². The van der Waals surface area contributed by atoms with Crippen molar-refractivity contribution in [2.24, 2.45) is 0 Å². The van der Waals surface area contributed by atoms with Crippen molar-refractivity contribution in [2.45, 2.75) is 33.1 Å². The molecular weight excluding hydrogens is 424 g/mol. The normalized spacial score (nSPS) is 11.5. The molecular formula is C26H25ClN2O3. The SMILES string of the molecule is Cc1c(NC(=O)COc2ccc(C(C)(C)C)cc2)cccc1-c1nc2cc(Cl)ccc2o1. The fraction of sp³-hybridized carbons (Fsp3) is 0.231. The Morgan fingerprint density at radius 1 is 1.09 bits per heavy atom. The van der Waals surface area contributed by atoms with Gasteiger partial charge >= 0.3 is 0 Å². The Morgan fingerprint density at radius 3 is 2.56 bits per heavy atom. The lowest BCUT2D eigenvalue weighted by molar-refractivity contribution is -0.118. The first-order valence-electron chi connectivity index (χ1n) is 10.4. The number of fused-ring (bicyclic) bond motifs is 1. The minimum absolute atomic E-state index is 0.0689. The molecule has 0 radical (unpaired) electrons. The molecule has 32 heavy (non-hydrogen) atoms. The minimum Gasteiger partial charge on any atom is -0.484 e. The standard InChI is InChI=1S/C26H25ClN2O3/c1-16-20(25-29-22-14-18(27)10-13-23(22)32-25)6-5-7-21(16)28-24(30)15-31-19-11-8-17(9-12-19)26(2,3)4/h5-14H,15H2,1-4H3,(H,28,30). The van der Waals surface area contributed by atoms with Gasteiger partial charge in [-0.1, -0.05) is 50.6 Å². The summed E-state index contributed by atoms with van der Waals surface area (Å²) >= 11 is 6.05. The highest BCUT2D eigenvalue weighted by molar-refractivity contribution is 6.31. The summed E-state index contributed by atoms with van der Waals surface area (Å²) in [4.78, 5) is 17.0. The van der Waals surface area contributed by atoms with Crippen LogP contribution in [0.1, 0.15) is 31.9 Å². The average molecular weight is 449 g/mol. The number of halogens is 1. The molecule has 0 aliphatic rings. The lowest BCUT2D eigenvalue weighted by atomic mass is 9.87. The van der Waals surface area contributed by atoms with E-state index in [1.807, 2.05) is 49.4 Å². The van der Waals surface area contributed by atoms with Gasteiger partial charge in [0.15, 0.2) is 12.2 Å². The van der Waals surface area contributed by atoms with Crippen molar-refractivity contribution in [3.05, 3.63) is 76.8 Å². The van der Waals surface area contributed by atoms with Crippen molar-refractivity contribution >= 4 is 34.3 Å². The van der Waals surface area contributed by atoms with Crippen molar-refractivity contribution < 1.29 is 13.9 Å². The number of hydrogen-bond acceptors (Lipinski definition) is 4. The van der Waals surface area contributed by atoms with Crippen LogP contribution in [0.2, 0.25) is 5.02 Å². The molecule has 0 bridgehead atoms. The van der Waals surface area contributed by atoms with E-state index in [0.717, 1.165) is 11.1 Å². The number of hydrogen-bond donors (Lipinski definition) is 1. The lowest BCUT2D eigenvalue weighted by Gasteiger charge is -2.19. The molecule has 164 valence electrons. The number of carbonyl (C=O) groups is 1. The second-order valence-corrected chi connectivity index (χ2v) is 9.16. The van der Waals surface area contributed by atoms with E-state index in [4.69, 9.17) is 20.8 Å². The van der Waals surface area contributed by atoms with Gasteiger partial charge in [-0.2, -0.15) is 0 Å². The summed E-state index contributed by atoms with van der Waals surface area (Å²) in [6.07, 6.45) is 0. The van der Waals surface area contributed by atoms with Crippen LogP contribution in [-0.4, -0.2) is 17.5 Å². The van der Waals surface area contributed by atoms with Crippen LogP contribution in [0.25, 0.3) is 22.6 Å². The summed E-state index contributed by atoms with van der Waals surface area (Å²) in [6, 6.07) is 18.7. The molecule has 0 aliphatic carbocycles. The van der Waals surface area contributed by atoms with E-state index in [9.17, 15) is 4.79 Å². The zero-order chi connectivity index (χ0) is 22.9. The Balaban J connectivity index is 1.45. The zero-order valence-corrected chi connectivity index (χ0v) is 19.3. The number of rotatable bonds is 5. The molecule has 6 heteroatoms.